The Kier molecular flexibility index (Phi) is 8.21. The molecule has 0 amide bonds. The monoisotopic (exact) mass is 409 g/mol. The van der Waals surface area contributed by atoms with E-state index in [1.165, 1.54) is 0 Å². The van der Waals surface area contributed by atoms with Gasteiger partial charge in [0.25, 0.3) is 0 Å². The van der Waals surface area contributed by atoms with Gasteiger partial charge in [-0.1, -0.05) is 34.1 Å². The third kappa shape index (κ3) is 6.66. The molecular formula is C19H24BrNO4. The molecule has 25 heavy (non-hydrogen) atoms. The third-order valence-electron chi connectivity index (χ3n) is 3.60. The maximum Gasteiger partial charge on any atom is 0.161 e. The number of halogens is 1. The first-order valence-electron chi connectivity index (χ1n) is 8.04. The first-order valence-corrected chi connectivity index (χ1v) is 8.83. The highest BCUT2D eigenvalue weighted by Crippen LogP contribution is 2.29. The van der Waals surface area contributed by atoms with E-state index in [1.807, 2.05) is 42.5 Å². The molecule has 0 saturated carbocycles. The van der Waals surface area contributed by atoms with E-state index < -0.39 is 6.10 Å². The van der Waals surface area contributed by atoms with Crippen LogP contribution in [-0.4, -0.2) is 38.6 Å². The second kappa shape index (κ2) is 10.4. The van der Waals surface area contributed by atoms with Crippen molar-refractivity contribution < 1.29 is 19.3 Å². The predicted molar refractivity (Wildman–Crippen MR) is 101 cm³/mol. The van der Waals surface area contributed by atoms with Crippen LogP contribution < -0.4 is 14.8 Å². The summed E-state index contributed by atoms with van der Waals surface area (Å²) in [5.74, 6) is 1.39. The van der Waals surface area contributed by atoms with Crippen LogP contribution in [0.3, 0.4) is 0 Å². The van der Waals surface area contributed by atoms with Crippen LogP contribution in [0.2, 0.25) is 0 Å². The van der Waals surface area contributed by atoms with Gasteiger partial charge in [-0.05, 0) is 35.4 Å². The minimum atomic E-state index is -0.514. The van der Waals surface area contributed by atoms with E-state index in [0.717, 1.165) is 15.6 Å². The van der Waals surface area contributed by atoms with Crippen LogP contribution in [-0.2, 0) is 17.9 Å². The van der Waals surface area contributed by atoms with Gasteiger partial charge in [0.15, 0.2) is 11.5 Å². The molecule has 1 atom stereocenters. The van der Waals surface area contributed by atoms with E-state index in [9.17, 15) is 5.11 Å². The van der Waals surface area contributed by atoms with Crippen molar-refractivity contribution in [3.8, 4) is 11.5 Å². The number of hydrogen-bond acceptors (Lipinski definition) is 5. The minimum absolute atomic E-state index is 0.319. The number of aliphatic hydroxyl groups excluding tert-OH is 1. The molecule has 5 nitrogen and oxygen atoms in total. The highest BCUT2D eigenvalue weighted by atomic mass is 79.9. The molecule has 2 rings (SSSR count). The fourth-order valence-electron chi connectivity index (χ4n) is 2.32. The number of nitrogens with one attached hydrogen (secondary N) is 1. The molecule has 2 aromatic carbocycles. The molecule has 0 aliphatic heterocycles. The summed E-state index contributed by atoms with van der Waals surface area (Å²) < 4.78 is 17.2. The summed E-state index contributed by atoms with van der Waals surface area (Å²) >= 11 is 3.42. The molecule has 0 heterocycles. The van der Waals surface area contributed by atoms with E-state index in [-0.39, 0.29) is 0 Å². The average Bonchev–Trinajstić information content (AvgIpc) is 2.62. The minimum Gasteiger partial charge on any atom is -0.493 e. The Hall–Kier alpha value is -1.60. The van der Waals surface area contributed by atoms with Crippen LogP contribution in [0.1, 0.15) is 11.1 Å². The first kappa shape index (κ1) is 19.7. The summed E-state index contributed by atoms with van der Waals surface area (Å²) in [6.07, 6.45) is -0.514. The van der Waals surface area contributed by atoms with Crippen LogP contribution in [0, 0.1) is 0 Å². The van der Waals surface area contributed by atoms with Gasteiger partial charge in [0.1, 0.15) is 6.61 Å². The molecule has 0 aromatic heterocycles. The predicted octanol–water partition coefficient (Wildman–Crippen LogP) is 3.13. The molecule has 6 heteroatoms. The second-order valence-corrected chi connectivity index (χ2v) is 6.56. The molecule has 0 saturated heterocycles. The van der Waals surface area contributed by atoms with Gasteiger partial charge < -0.3 is 24.6 Å². The number of aliphatic hydroxyl groups is 1. The molecule has 0 aliphatic carbocycles. The summed E-state index contributed by atoms with van der Waals surface area (Å²) in [5.41, 5.74) is 2.14. The lowest BCUT2D eigenvalue weighted by Gasteiger charge is -2.14. The smallest absolute Gasteiger partial charge is 0.161 e. The molecule has 136 valence electrons. The molecule has 2 aromatic rings. The summed E-state index contributed by atoms with van der Waals surface area (Å²) in [4.78, 5) is 0. The molecule has 0 bridgehead atoms. The topological polar surface area (TPSA) is 60.0 Å². The first-order chi connectivity index (χ1) is 12.1. The number of ether oxygens (including phenoxy) is 3. The van der Waals surface area contributed by atoms with Gasteiger partial charge in [-0.3, -0.25) is 0 Å². The summed E-state index contributed by atoms with van der Waals surface area (Å²) in [7, 11) is 3.20. The van der Waals surface area contributed by atoms with Crippen molar-refractivity contribution in [2.24, 2.45) is 0 Å². The standard InChI is InChI=1S/C19H24BrNO4/c1-23-13-17(22)11-21-10-15-5-8-18(19(9-15)24-2)25-12-14-3-6-16(20)7-4-14/h3-9,17,21-22H,10-13H2,1-2H3/t17-/m1/s1. The normalized spacial score (nSPS) is 12.0. The fraction of sp³-hybridized carbons (Fsp3) is 0.368. The van der Waals surface area contributed by atoms with Gasteiger partial charge in [-0.2, -0.15) is 0 Å². The lowest BCUT2D eigenvalue weighted by molar-refractivity contribution is 0.0644. The fourth-order valence-corrected chi connectivity index (χ4v) is 2.58. The zero-order chi connectivity index (χ0) is 18.1. The van der Waals surface area contributed by atoms with E-state index in [0.29, 0.717) is 37.8 Å². The van der Waals surface area contributed by atoms with Crippen LogP contribution in [0.4, 0.5) is 0 Å². The number of methoxy groups -OCH3 is 2. The van der Waals surface area contributed by atoms with Gasteiger partial charge in [0.2, 0.25) is 0 Å². The zero-order valence-corrected chi connectivity index (χ0v) is 16.1. The number of hydrogen-bond donors (Lipinski definition) is 2. The van der Waals surface area contributed by atoms with E-state index >= 15 is 0 Å². The van der Waals surface area contributed by atoms with Crippen molar-refractivity contribution in [3.63, 3.8) is 0 Å². The largest absolute Gasteiger partial charge is 0.493 e. The summed E-state index contributed by atoms with van der Waals surface area (Å²) in [6.45, 7) is 1.89. The van der Waals surface area contributed by atoms with Crippen LogP contribution in [0.15, 0.2) is 46.9 Å². The number of benzene rings is 2. The maximum absolute atomic E-state index is 9.63. The molecule has 0 radical (unpaired) electrons. The average molecular weight is 410 g/mol. The van der Waals surface area contributed by atoms with Gasteiger partial charge in [0, 0.05) is 24.7 Å². The quantitative estimate of drug-likeness (QED) is 0.631. The number of rotatable bonds is 10. The van der Waals surface area contributed by atoms with Gasteiger partial charge in [-0.25, -0.2) is 0 Å². The molecule has 2 N–H and O–H groups in total. The van der Waals surface area contributed by atoms with E-state index in [1.54, 1.807) is 14.2 Å². The molecular weight excluding hydrogens is 386 g/mol. The zero-order valence-electron chi connectivity index (χ0n) is 14.5. The van der Waals surface area contributed by atoms with Crippen molar-refractivity contribution in [2.45, 2.75) is 19.3 Å². The lowest BCUT2D eigenvalue weighted by Crippen LogP contribution is -2.29. The Labute approximate surface area is 157 Å². The second-order valence-electron chi connectivity index (χ2n) is 5.64. The molecule has 0 unspecified atom stereocenters. The molecule has 0 spiro atoms. The Morgan fingerprint density at radius 3 is 2.44 bits per heavy atom. The highest BCUT2D eigenvalue weighted by molar-refractivity contribution is 9.10. The van der Waals surface area contributed by atoms with Gasteiger partial charge in [0.05, 0.1) is 19.8 Å². The van der Waals surface area contributed by atoms with Crippen LogP contribution in [0.25, 0.3) is 0 Å². The van der Waals surface area contributed by atoms with Gasteiger partial charge >= 0.3 is 0 Å². The molecule has 0 fully saturated rings. The van der Waals surface area contributed by atoms with Crippen molar-refractivity contribution in [2.75, 3.05) is 27.4 Å². The Morgan fingerprint density at radius 2 is 1.76 bits per heavy atom. The van der Waals surface area contributed by atoms with E-state index in [2.05, 4.69) is 21.2 Å². The SMILES string of the molecule is COC[C@H](O)CNCc1ccc(OCc2ccc(Br)cc2)c(OC)c1. The van der Waals surface area contributed by atoms with Crippen LogP contribution in [0.5, 0.6) is 11.5 Å². The Bertz CT molecular complexity index is 648. The van der Waals surface area contributed by atoms with Crippen molar-refractivity contribution in [1.29, 1.82) is 0 Å². The molecule has 0 aliphatic rings. The Morgan fingerprint density at radius 1 is 1.04 bits per heavy atom. The van der Waals surface area contributed by atoms with Crippen molar-refractivity contribution in [1.82, 2.24) is 5.32 Å². The summed E-state index contributed by atoms with van der Waals surface area (Å²) in [5, 5.41) is 12.8. The lowest BCUT2D eigenvalue weighted by atomic mass is 10.2. The van der Waals surface area contributed by atoms with Crippen molar-refractivity contribution >= 4 is 15.9 Å². The van der Waals surface area contributed by atoms with Crippen molar-refractivity contribution in [3.05, 3.63) is 58.1 Å². The third-order valence-corrected chi connectivity index (χ3v) is 4.13. The maximum atomic E-state index is 9.63. The highest BCUT2D eigenvalue weighted by Gasteiger charge is 2.07. The Balaban J connectivity index is 1.90. The van der Waals surface area contributed by atoms with Crippen LogP contribution >= 0.6 is 15.9 Å². The summed E-state index contributed by atoms with van der Waals surface area (Å²) in [6, 6.07) is 13.8. The van der Waals surface area contributed by atoms with E-state index in [4.69, 9.17) is 14.2 Å². The van der Waals surface area contributed by atoms with Gasteiger partial charge in [-0.15, -0.1) is 0 Å².